The molecular formula is C14H11BrF3N3. The highest BCUT2D eigenvalue weighted by atomic mass is 79.9. The third kappa shape index (κ3) is 2.51. The summed E-state index contributed by atoms with van der Waals surface area (Å²) in [6.45, 7) is 0.174. The molecule has 3 nitrogen and oxygen atoms in total. The molecular weight excluding hydrogens is 347 g/mol. The Morgan fingerprint density at radius 1 is 1.24 bits per heavy atom. The number of hydrogen-bond donors (Lipinski definition) is 1. The van der Waals surface area contributed by atoms with Gasteiger partial charge in [0.2, 0.25) is 0 Å². The van der Waals surface area contributed by atoms with Crippen LogP contribution in [-0.2, 0) is 5.66 Å². The van der Waals surface area contributed by atoms with Gasteiger partial charge >= 0.3 is 6.18 Å². The van der Waals surface area contributed by atoms with E-state index in [1.807, 2.05) is 0 Å². The van der Waals surface area contributed by atoms with Gasteiger partial charge < -0.3 is 10.6 Å². The Morgan fingerprint density at radius 3 is 2.52 bits per heavy atom. The van der Waals surface area contributed by atoms with Crippen molar-refractivity contribution in [3.8, 4) is 0 Å². The Morgan fingerprint density at radius 2 is 1.90 bits per heavy atom. The summed E-state index contributed by atoms with van der Waals surface area (Å²) in [6.07, 6.45) is -0.522. The zero-order valence-corrected chi connectivity index (χ0v) is 12.3. The molecule has 1 atom stereocenters. The molecule has 21 heavy (non-hydrogen) atoms. The first-order chi connectivity index (χ1) is 9.79. The number of rotatable bonds is 1. The minimum atomic E-state index is -4.45. The summed E-state index contributed by atoms with van der Waals surface area (Å²) in [7, 11) is 0. The molecule has 1 aromatic carbocycles. The fourth-order valence-corrected chi connectivity index (χ4v) is 2.66. The first kappa shape index (κ1) is 14.3. The van der Waals surface area contributed by atoms with Crippen molar-refractivity contribution in [2.75, 3.05) is 6.54 Å². The summed E-state index contributed by atoms with van der Waals surface area (Å²) in [5.74, 6) is -0.129. The summed E-state index contributed by atoms with van der Waals surface area (Å²) < 4.78 is 40.0. The van der Waals surface area contributed by atoms with Gasteiger partial charge in [0, 0.05) is 10.7 Å². The third-order valence-corrected chi connectivity index (χ3v) is 3.94. The molecule has 110 valence electrons. The van der Waals surface area contributed by atoms with Crippen molar-refractivity contribution >= 4 is 21.8 Å². The molecule has 0 amide bonds. The van der Waals surface area contributed by atoms with E-state index in [4.69, 9.17) is 5.73 Å². The molecule has 0 spiro atoms. The van der Waals surface area contributed by atoms with E-state index in [0.717, 1.165) is 10.5 Å². The second-order valence-electron chi connectivity index (χ2n) is 4.91. The maximum atomic E-state index is 13.0. The fourth-order valence-electron chi connectivity index (χ4n) is 2.39. The fraction of sp³-hybridized carbons (Fsp3) is 0.214. The lowest BCUT2D eigenvalue weighted by atomic mass is 10.0. The molecule has 0 unspecified atom stereocenters. The zero-order valence-electron chi connectivity index (χ0n) is 10.7. The summed E-state index contributed by atoms with van der Waals surface area (Å²) in [4.78, 5) is 5.59. The van der Waals surface area contributed by atoms with Crippen molar-refractivity contribution in [1.82, 2.24) is 4.90 Å². The number of amidine groups is 1. The molecule has 0 bridgehead atoms. The molecule has 0 aliphatic carbocycles. The van der Waals surface area contributed by atoms with Gasteiger partial charge in [-0.05, 0) is 29.8 Å². The second-order valence-corrected chi connectivity index (χ2v) is 5.83. The average Bonchev–Trinajstić information content (AvgIpc) is 2.75. The number of nitrogens with two attached hydrogens (primary N) is 1. The van der Waals surface area contributed by atoms with Crippen LogP contribution in [0.5, 0.6) is 0 Å². The SMILES string of the molecule is N[C@@]1(c2ccc(Br)cc2)CN2C=CC=C(C(F)(F)F)C2=N1. The molecule has 0 aromatic heterocycles. The van der Waals surface area contributed by atoms with Gasteiger partial charge in [-0.25, -0.2) is 4.99 Å². The van der Waals surface area contributed by atoms with E-state index in [1.165, 1.54) is 11.0 Å². The third-order valence-electron chi connectivity index (χ3n) is 3.41. The van der Waals surface area contributed by atoms with E-state index in [0.29, 0.717) is 5.56 Å². The minimum absolute atomic E-state index is 0.129. The first-order valence-electron chi connectivity index (χ1n) is 6.17. The normalized spacial score (nSPS) is 24.7. The Balaban J connectivity index is 2.03. The highest BCUT2D eigenvalue weighted by Crippen LogP contribution is 2.37. The van der Waals surface area contributed by atoms with Crippen LogP contribution in [0.2, 0.25) is 0 Å². The number of hydrogen-bond acceptors (Lipinski definition) is 3. The predicted octanol–water partition coefficient (Wildman–Crippen LogP) is 3.29. The van der Waals surface area contributed by atoms with Crippen LogP contribution in [0.4, 0.5) is 13.2 Å². The molecule has 2 heterocycles. The van der Waals surface area contributed by atoms with Crippen LogP contribution in [0.3, 0.4) is 0 Å². The summed E-state index contributed by atoms with van der Waals surface area (Å²) >= 11 is 3.31. The number of benzene rings is 1. The molecule has 0 fully saturated rings. The van der Waals surface area contributed by atoms with Crippen molar-refractivity contribution in [2.24, 2.45) is 10.7 Å². The van der Waals surface area contributed by atoms with Crippen LogP contribution in [0.15, 0.2) is 57.7 Å². The van der Waals surface area contributed by atoms with Crippen molar-refractivity contribution in [1.29, 1.82) is 0 Å². The smallest absolute Gasteiger partial charge is 0.329 e. The molecule has 1 aromatic rings. The van der Waals surface area contributed by atoms with Crippen LogP contribution >= 0.6 is 15.9 Å². The summed E-state index contributed by atoms with van der Waals surface area (Å²) in [5, 5.41) is 0. The molecule has 2 aliphatic rings. The Labute approximate surface area is 127 Å². The Bertz CT molecular complexity index is 661. The van der Waals surface area contributed by atoms with Crippen LogP contribution in [0.25, 0.3) is 0 Å². The topological polar surface area (TPSA) is 41.6 Å². The number of fused-ring (bicyclic) bond motifs is 1. The van der Waals surface area contributed by atoms with E-state index in [-0.39, 0.29) is 12.4 Å². The highest BCUT2D eigenvalue weighted by molar-refractivity contribution is 9.10. The quantitative estimate of drug-likeness (QED) is 0.837. The first-order valence-corrected chi connectivity index (χ1v) is 6.96. The summed E-state index contributed by atoms with van der Waals surface area (Å²) in [6, 6.07) is 7.09. The van der Waals surface area contributed by atoms with Crippen LogP contribution < -0.4 is 5.73 Å². The molecule has 3 rings (SSSR count). The van der Waals surface area contributed by atoms with Crippen LogP contribution in [0.1, 0.15) is 5.56 Å². The number of aliphatic imine (C=N–C) groups is 1. The van der Waals surface area contributed by atoms with Gasteiger partial charge in [0.25, 0.3) is 0 Å². The van der Waals surface area contributed by atoms with Crippen molar-refractivity contribution in [3.63, 3.8) is 0 Å². The van der Waals surface area contributed by atoms with E-state index in [1.54, 1.807) is 30.5 Å². The van der Waals surface area contributed by atoms with Gasteiger partial charge in [-0.15, -0.1) is 0 Å². The van der Waals surface area contributed by atoms with Gasteiger partial charge in [0.1, 0.15) is 5.84 Å². The number of allylic oxidation sites excluding steroid dienone is 2. The van der Waals surface area contributed by atoms with Gasteiger partial charge in [-0.3, -0.25) is 0 Å². The Kier molecular flexibility index (Phi) is 3.22. The monoisotopic (exact) mass is 357 g/mol. The molecule has 2 aliphatic heterocycles. The maximum absolute atomic E-state index is 13.0. The van der Waals surface area contributed by atoms with E-state index in [2.05, 4.69) is 20.9 Å². The average molecular weight is 358 g/mol. The van der Waals surface area contributed by atoms with Gasteiger partial charge in [-0.2, -0.15) is 13.2 Å². The molecule has 0 saturated heterocycles. The predicted molar refractivity (Wildman–Crippen MR) is 77.4 cm³/mol. The van der Waals surface area contributed by atoms with Crippen LogP contribution in [0, 0.1) is 0 Å². The zero-order chi connectivity index (χ0) is 15.3. The lowest BCUT2D eigenvalue weighted by molar-refractivity contribution is -0.0868. The largest absolute Gasteiger partial charge is 0.419 e. The van der Waals surface area contributed by atoms with E-state index in [9.17, 15) is 13.2 Å². The minimum Gasteiger partial charge on any atom is -0.329 e. The number of halogens is 4. The maximum Gasteiger partial charge on any atom is 0.419 e. The highest BCUT2D eigenvalue weighted by Gasteiger charge is 2.46. The van der Waals surface area contributed by atoms with Crippen molar-refractivity contribution in [2.45, 2.75) is 11.8 Å². The van der Waals surface area contributed by atoms with E-state index >= 15 is 0 Å². The van der Waals surface area contributed by atoms with Crippen molar-refractivity contribution < 1.29 is 13.2 Å². The molecule has 7 heteroatoms. The number of nitrogens with zero attached hydrogens (tertiary/aromatic N) is 2. The molecule has 0 radical (unpaired) electrons. The van der Waals surface area contributed by atoms with Gasteiger partial charge in [0.05, 0.1) is 12.1 Å². The summed E-state index contributed by atoms with van der Waals surface area (Å²) in [5.41, 5.74) is 4.94. The molecule has 0 saturated carbocycles. The lowest BCUT2D eigenvalue weighted by Gasteiger charge is -2.24. The van der Waals surface area contributed by atoms with Crippen LogP contribution in [-0.4, -0.2) is 23.5 Å². The van der Waals surface area contributed by atoms with Gasteiger partial charge in [0.15, 0.2) is 5.66 Å². The van der Waals surface area contributed by atoms with Gasteiger partial charge in [-0.1, -0.05) is 28.1 Å². The van der Waals surface area contributed by atoms with E-state index < -0.39 is 17.4 Å². The lowest BCUT2D eigenvalue weighted by Crippen LogP contribution is -2.40. The van der Waals surface area contributed by atoms with Crippen molar-refractivity contribution in [3.05, 3.63) is 58.2 Å². The standard InChI is InChI=1S/C14H11BrF3N3/c15-10-5-3-9(4-6-10)13(19)8-21-7-1-2-11(12(21)20-13)14(16,17)18/h1-7H,8,19H2/t13-/m0/s1. The second kappa shape index (κ2) is 4.71. The molecule has 2 N–H and O–H groups in total. The number of alkyl halides is 3. The Hall–Kier alpha value is -1.60.